The van der Waals surface area contributed by atoms with Crippen LogP contribution in [0.2, 0.25) is 0 Å². The van der Waals surface area contributed by atoms with Gasteiger partial charge in [0.15, 0.2) is 0 Å². The first-order valence-corrected chi connectivity index (χ1v) is 8.39. The zero-order valence-electron chi connectivity index (χ0n) is 13.8. The molecule has 0 radical (unpaired) electrons. The number of carbonyl (C=O) groups is 1. The van der Waals surface area contributed by atoms with Crippen molar-refractivity contribution in [1.29, 1.82) is 0 Å². The molecule has 0 bridgehead atoms. The molecule has 0 aromatic heterocycles. The van der Waals surface area contributed by atoms with Crippen LogP contribution in [0, 0.1) is 10.1 Å². The lowest BCUT2D eigenvalue weighted by Gasteiger charge is -2.16. The number of nitrogens with zero attached hydrogens (tertiary/aromatic N) is 1. The van der Waals surface area contributed by atoms with Crippen LogP contribution >= 0.6 is 12.4 Å². The molecule has 7 heteroatoms. The van der Waals surface area contributed by atoms with Gasteiger partial charge in [0.05, 0.1) is 11.3 Å². The molecule has 0 unspecified atom stereocenters. The summed E-state index contributed by atoms with van der Waals surface area (Å²) in [6.07, 6.45) is 7.67. The van der Waals surface area contributed by atoms with Crippen LogP contribution in [0.1, 0.15) is 44.1 Å². The van der Waals surface area contributed by atoms with Crippen LogP contribution in [-0.4, -0.2) is 30.0 Å². The van der Waals surface area contributed by atoms with Gasteiger partial charge in [0.1, 0.15) is 0 Å². The molecule has 1 fully saturated rings. The van der Waals surface area contributed by atoms with Gasteiger partial charge in [0.2, 0.25) is 5.91 Å². The van der Waals surface area contributed by atoms with Gasteiger partial charge in [-0.1, -0.05) is 43.9 Å². The Morgan fingerprint density at radius 1 is 1.12 bits per heavy atom. The molecular weight excluding hydrogens is 330 g/mol. The Kier molecular flexibility index (Phi) is 9.34. The van der Waals surface area contributed by atoms with Gasteiger partial charge in [-0.2, -0.15) is 0 Å². The van der Waals surface area contributed by atoms with Crippen LogP contribution in [0.25, 0.3) is 0 Å². The SMILES string of the molecule is Cl.O=C(Cc1ccccc1[N+](=O)[O-])NCCNC1CCCCCC1. The Balaban J connectivity index is 0.00000288. The molecule has 1 amide bonds. The Bertz CT molecular complexity index is 532. The van der Waals surface area contributed by atoms with E-state index in [1.165, 1.54) is 44.6 Å². The third-order valence-corrected chi connectivity index (χ3v) is 4.27. The normalized spacial score (nSPS) is 15.2. The highest BCUT2D eigenvalue weighted by atomic mass is 35.5. The summed E-state index contributed by atoms with van der Waals surface area (Å²) in [5.41, 5.74) is 0.450. The first-order valence-electron chi connectivity index (χ1n) is 8.39. The summed E-state index contributed by atoms with van der Waals surface area (Å²) in [4.78, 5) is 22.4. The van der Waals surface area contributed by atoms with Crippen LogP contribution < -0.4 is 10.6 Å². The average molecular weight is 356 g/mol. The summed E-state index contributed by atoms with van der Waals surface area (Å²) in [5, 5.41) is 17.2. The number of hydrogen-bond acceptors (Lipinski definition) is 4. The van der Waals surface area contributed by atoms with Gasteiger partial charge in [-0.3, -0.25) is 14.9 Å². The number of nitro benzene ring substituents is 1. The van der Waals surface area contributed by atoms with E-state index in [2.05, 4.69) is 10.6 Å². The molecule has 1 saturated carbocycles. The van der Waals surface area contributed by atoms with Crippen molar-refractivity contribution in [2.24, 2.45) is 0 Å². The molecule has 1 aromatic rings. The van der Waals surface area contributed by atoms with Gasteiger partial charge < -0.3 is 10.6 Å². The molecule has 1 aliphatic rings. The summed E-state index contributed by atoms with van der Waals surface area (Å²) in [6.45, 7) is 1.29. The molecule has 2 rings (SSSR count). The fourth-order valence-electron chi connectivity index (χ4n) is 3.04. The summed E-state index contributed by atoms with van der Waals surface area (Å²) < 4.78 is 0. The smallest absolute Gasteiger partial charge is 0.273 e. The molecule has 1 aromatic carbocycles. The van der Waals surface area contributed by atoms with Gasteiger partial charge in [-0.05, 0) is 12.8 Å². The predicted octanol–water partition coefficient (Wildman–Crippen LogP) is 2.99. The van der Waals surface area contributed by atoms with E-state index in [1.54, 1.807) is 18.2 Å². The first-order chi connectivity index (χ1) is 11.2. The Morgan fingerprint density at radius 3 is 2.46 bits per heavy atom. The van der Waals surface area contributed by atoms with E-state index in [1.807, 2.05) is 0 Å². The lowest BCUT2D eigenvalue weighted by Crippen LogP contribution is -2.37. The van der Waals surface area contributed by atoms with Crippen molar-refractivity contribution in [2.75, 3.05) is 13.1 Å². The molecule has 0 aliphatic heterocycles. The molecule has 0 heterocycles. The lowest BCUT2D eigenvalue weighted by atomic mass is 10.1. The van der Waals surface area contributed by atoms with Gasteiger partial charge in [0.25, 0.3) is 5.69 Å². The topological polar surface area (TPSA) is 84.3 Å². The van der Waals surface area contributed by atoms with Gasteiger partial charge in [-0.15, -0.1) is 12.4 Å². The van der Waals surface area contributed by atoms with E-state index < -0.39 is 4.92 Å². The Labute approximate surface area is 149 Å². The number of hydrogen-bond donors (Lipinski definition) is 2. The van der Waals surface area contributed by atoms with E-state index in [0.29, 0.717) is 18.2 Å². The minimum Gasteiger partial charge on any atom is -0.355 e. The standard InChI is InChI=1S/C17H25N3O3.ClH/c21-17(13-14-7-5-6-10-16(14)20(22)23)19-12-11-18-15-8-3-1-2-4-9-15;/h5-7,10,15,18H,1-4,8-9,11-13H2,(H,19,21);1H. The highest BCUT2D eigenvalue weighted by molar-refractivity contribution is 5.85. The fraction of sp³-hybridized carbons (Fsp3) is 0.588. The quantitative estimate of drug-likeness (QED) is 0.341. The van der Waals surface area contributed by atoms with E-state index in [-0.39, 0.29) is 30.4 Å². The number of rotatable bonds is 7. The molecule has 134 valence electrons. The second kappa shape index (κ2) is 11.0. The maximum Gasteiger partial charge on any atom is 0.273 e. The number of benzene rings is 1. The first kappa shape index (κ1) is 20.4. The van der Waals surface area contributed by atoms with Crippen molar-refractivity contribution in [3.8, 4) is 0 Å². The molecule has 6 nitrogen and oxygen atoms in total. The highest BCUT2D eigenvalue weighted by Crippen LogP contribution is 2.18. The Morgan fingerprint density at radius 2 is 1.79 bits per heavy atom. The van der Waals surface area contributed by atoms with Crippen molar-refractivity contribution in [3.63, 3.8) is 0 Å². The maximum atomic E-state index is 11.9. The molecule has 0 atom stereocenters. The number of amides is 1. The maximum absolute atomic E-state index is 11.9. The number of para-hydroxylation sites is 1. The van der Waals surface area contributed by atoms with Crippen molar-refractivity contribution in [2.45, 2.75) is 51.0 Å². The molecular formula is C17H26ClN3O3. The summed E-state index contributed by atoms with van der Waals surface area (Å²) in [7, 11) is 0. The molecule has 24 heavy (non-hydrogen) atoms. The number of carbonyl (C=O) groups excluding carboxylic acids is 1. The van der Waals surface area contributed by atoms with Crippen LogP contribution in [0.4, 0.5) is 5.69 Å². The third kappa shape index (κ3) is 6.84. The molecule has 0 saturated heterocycles. The van der Waals surface area contributed by atoms with E-state index >= 15 is 0 Å². The third-order valence-electron chi connectivity index (χ3n) is 4.27. The van der Waals surface area contributed by atoms with Crippen molar-refractivity contribution >= 4 is 24.0 Å². The van der Waals surface area contributed by atoms with Crippen molar-refractivity contribution < 1.29 is 9.72 Å². The number of halogens is 1. The Hall–Kier alpha value is -1.66. The van der Waals surface area contributed by atoms with Crippen molar-refractivity contribution in [1.82, 2.24) is 10.6 Å². The van der Waals surface area contributed by atoms with Crippen LogP contribution in [0.3, 0.4) is 0 Å². The van der Waals surface area contributed by atoms with E-state index in [9.17, 15) is 14.9 Å². The fourth-order valence-corrected chi connectivity index (χ4v) is 3.04. The van der Waals surface area contributed by atoms with Crippen LogP contribution in [-0.2, 0) is 11.2 Å². The second-order valence-electron chi connectivity index (χ2n) is 6.06. The zero-order valence-corrected chi connectivity index (χ0v) is 14.6. The monoisotopic (exact) mass is 355 g/mol. The summed E-state index contributed by atoms with van der Waals surface area (Å²) in [5.74, 6) is -0.179. The van der Waals surface area contributed by atoms with Crippen LogP contribution in [0.5, 0.6) is 0 Å². The van der Waals surface area contributed by atoms with Crippen LogP contribution in [0.15, 0.2) is 24.3 Å². The highest BCUT2D eigenvalue weighted by Gasteiger charge is 2.15. The molecule has 0 spiro atoms. The second-order valence-corrected chi connectivity index (χ2v) is 6.06. The van der Waals surface area contributed by atoms with Gasteiger partial charge >= 0.3 is 0 Å². The predicted molar refractivity (Wildman–Crippen MR) is 96.6 cm³/mol. The number of nitrogens with one attached hydrogen (secondary N) is 2. The van der Waals surface area contributed by atoms with Gasteiger partial charge in [-0.25, -0.2) is 0 Å². The summed E-state index contributed by atoms with van der Waals surface area (Å²) in [6, 6.07) is 6.93. The van der Waals surface area contributed by atoms with Crippen molar-refractivity contribution in [3.05, 3.63) is 39.9 Å². The minimum absolute atomic E-state index is 0. The van der Waals surface area contributed by atoms with E-state index in [4.69, 9.17) is 0 Å². The van der Waals surface area contributed by atoms with E-state index in [0.717, 1.165) is 6.54 Å². The minimum atomic E-state index is -0.448. The number of nitro groups is 1. The largest absolute Gasteiger partial charge is 0.355 e. The lowest BCUT2D eigenvalue weighted by molar-refractivity contribution is -0.385. The average Bonchev–Trinajstić information content (AvgIpc) is 2.80. The summed E-state index contributed by atoms with van der Waals surface area (Å²) >= 11 is 0. The zero-order chi connectivity index (χ0) is 16.5. The molecule has 1 aliphatic carbocycles. The molecule has 2 N–H and O–H groups in total. The van der Waals surface area contributed by atoms with Gasteiger partial charge in [0, 0.05) is 30.8 Å².